The molecule has 0 aliphatic rings. The summed E-state index contributed by atoms with van der Waals surface area (Å²) < 4.78 is 5.43. The van der Waals surface area contributed by atoms with Gasteiger partial charge in [0.25, 0.3) is 0 Å². The third kappa shape index (κ3) is 3.46. The quantitative estimate of drug-likeness (QED) is 0.393. The summed E-state index contributed by atoms with van der Waals surface area (Å²) in [5.74, 6) is 12.7. The minimum atomic E-state index is 0.363. The van der Waals surface area contributed by atoms with Crippen molar-refractivity contribution in [1.82, 2.24) is 9.97 Å². The third-order valence-electron chi connectivity index (χ3n) is 2.42. The maximum atomic E-state index is 5.43. The van der Waals surface area contributed by atoms with Gasteiger partial charge >= 0.3 is 0 Å². The zero-order valence-corrected chi connectivity index (χ0v) is 11.1. The van der Waals surface area contributed by atoms with Crippen molar-refractivity contribution in [2.45, 2.75) is 6.92 Å². The molecule has 8 nitrogen and oxygen atoms in total. The Bertz CT molecular complexity index is 553. The number of benzene rings is 1. The molecule has 106 valence electrons. The molecule has 0 saturated carbocycles. The molecule has 7 N–H and O–H groups in total. The van der Waals surface area contributed by atoms with E-state index in [9.17, 15) is 0 Å². The fraction of sp³-hybridized carbons (Fsp3) is 0.167. The molecule has 0 aliphatic heterocycles. The molecule has 2 aromatic rings. The fourth-order valence-electron chi connectivity index (χ4n) is 1.61. The number of nitrogens with one attached hydrogen (secondary N) is 3. The van der Waals surface area contributed by atoms with Gasteiger partial charge in [-0.2, -0.15) is 9.97 Å². The van der Waals surface area contributed by atoms with Crippen molar-refractivity contribution >= 4 is 23.3 Å². The summed E-state index contributed by atoms with van der Waals surface area (Å²) in [7, 11) is 0. The molecule has 1 aromatic carbocycles. The van der Waals surface area contributed by atoms with Gasteiger partial charge in [0, 0.05) is 17.8 Å². The van der Waals surface area contributed by atoms with Gasteiger partial charge in [-0.3, -0.25) is 0 Å². The van der Waals surface area contributed by atoms with Crippen molar-refractivity contribution in [2.24, 2.45) is 11.7 Å². The molecule has 0 atom stereocenters. The van der Waals surface area contributed by atoms with Gasteiger partial charge in [0.05, 0.1) is 6.61 Å². The Hall–Kier alpha value is -2.58. The second kappa shape index (κ2) is 6.55. The van der Waals surface area contributed by atoms with Crippen LogP contribution < -0.4 is 32.6 Å². The van der Waals surface area contributed by atoms with Gasteiger partial charge in [0.1, 0.15) is 17.4 Å². The molecule has 0 radical (unpaired) electrons. The van der Waals surface area contributed by atoms with Crippen LogP contribution in [0.5, 0.6) is 5.75 Å². The number of nitrogens with two attached hydrogens (primary N) is 2. The summed E-state index contributed by atoms with van der Waals surface area (Å²) in [6.07, 6.45) is 0. The van der Waals surface area contributed by atoms with E-state index in [1.807, 2.05) is 31.2 Å². The van der Waals surface area contributed by atoms with Crippen molar-refractivity contribution in [1.29, 1.82) is 0 Å². The van der Waals surface area contributed by atoms with Crippen LogP contribution in [0.2, 0.25) is 0 Å². The minimum Gasteiger partial charge on any atom is -0.494 e. The molecule has 0 bridgehead atoms. The SMILES string of the molecule is CCOc1cccc(Nc2nc(NN)cc(NN)n2)c1. The van der Waals surface area contributed by atoms with E-state index in [2.05, 4.69) is 26.1 Å². The molecule has 0 aliphatic carbocycles. The Morgan fingerprint density at radius 1 is 1.10 bits per heavy atom. The van der Waals surface area contributed by atoms with E-state index in [-0.39, 0.29) is 0 Å². The zero-order chi connectivity index (χ0) is 14.4. The third-order valence-corrected chi connectivity index (χ3v) is 2.42. The van der Waals surface area contributed by atoms with Crippen LogP contribution in [0.15, 0.2) is 30.3 Å². The predicted molar refractivity (Wildman–Crippen MR) is 78.5 cm³/mol. The largest absolute Gasteiger partial charge is 0.494 e. The van der Waals surface area contributed by atoms with Crippen molar-refractivity contribution in [3.63, 3.8) is 0 Å². The lowest BCUT2D eigenvalue weighted by Crippen LogP contribution is -2.14. The summed E-state index contributed by atoms with van der Waals surface area (Å²) in [6.45, 7) is 2.53. The van der Waals surface area contributed by atoms with Crippen molar-refractivity contribution in [3.05, 3.63) is 30.3 Å². The van der Waals surface area contributed by atoms with Crippen molar-refractivity contribution in [2.75, 3.05) is 22.8 Å². The molecule has 8 heteroatoms. The van der Waals surface area contributed by atoms with Crippen LogP contribution in [0, 0.1) is 0 Å². The molecule has 0 fully saturated rings. The van der Waals surface area contributed by atoms with Crippen LogP contribution in [0.4, 0.5) is 23.3 Å². The standard InChI is InChI=1S/C12H17N7O/c1-2-20-9-5-3-4-8(6-9)15-12-16-10(18-13)7-11(17-12)19-14/h3-7H,2,13-14H2,1H3,(H3,15,16,17,18,19). The lowest BCUT2D eigenvalue weighted by molar-refractivity contribution is 0.340. The number of aromatic nitrogens is 2. The Morgan fingerprint density at radius 3 is 2.40 bits per heavy atom. The molecule has 20 heavy (non-hydrogen) atoms. The average Bonchev–Trinajstić information content (AvgIpc) is 2.47. The highest BCUT2D eigenvalue weighted by atomic mass is 16.5. The van der Waals surface area contributed by atoms with E-state index in [1.165, 1.54) is 0 Å². The fourth-order valence-corrected chi connectivity index (χ4v) is 1.61. The highest BCUT2D eigenvalue weighted by Gasteiger charge is 2.04. The molecular formula is C12H17N7O. The lowest BCUT2D eigenvalue weighted by Gasteiger charge is -2.10. The van der Waals surface area contributed by atoms with Crippen molar-refractivity contribution < 1.29 is 4.74 Å². The van der Waals surface area contributed by atoms with Crippen LogP contribution >= 0.6 is 0 Å². The zero-order valence-electron chi connectivity index (χ0n) is 11.1. The van der Waals surface area contributed by atoms with Gasteiger partial charge in [0.2, 0.25) is 5.95 Å². The van der Waals surface area contributed by atoms with Gasteiger partial charge in [-0.15, -0.1) is 0 Å². The summed E-state index contributed by atoms with van der Waals surface area (Å²) in [4.78, 5) is 8.35. The lowest BCUT2D eigenvalue weighted by atomic mass is 10.3. The Kier molecular flexibility index (Phi) is 4.53. The van der Waals surface area contributed by atoms with E-state index < -0.39 is 0 Å². The second-order valence-electron chi connectivity index (χ2n) is 3.84. The topological polar surface area (TPSA) is 123 Å². The van der Waals surface area contributed by atoms with Gasteiger partial charge in [-0.05, 0) is 19.1 Å². The molecule has 2 rings (SSSR count). The predicted octanol–water partition coefficient (Wildman–Crippen LogP) is 1.19. The van der Waals surface area contributed by atoms with Crippen LogP contribution in [0.1, 0.15) is 6.92 Å². The number of hydrogen-bond acceptors (Lipinski definition) is 8. The first kappa shape index (κ1) is 13.8. The smallest absolute Gasteiger partial charge is 0.231 e. The molecule has 0 spiro atoms. The normalized spacial score (nSPS) is 9.95. The second-order valence-corrected chi connectivity index (χ2v) is 3.84. The molecule has 0 unspecified atom stereocenters. The van der Waals surface area contributed by atoms with Crippen LogP contribution in [-0.2, 0) is 0 Å². The maximum absolute atomic E-state index is 5.43. The van der Waals surface area contributed by atoms with Crippen LogP contribution in [0.25, 0.3) is 0 Å². The first-order valence-corrected chi connectivity index (χ1v) is 6.07. The molecular weight excluding hydrogens is 258 g/mol. The van der Waals surface area contributed by atoms with Gasteiger partial charge < -0.3 is 20.9 Å². The van der Waals surface area contributed by atoms with Crippen molar-refractivity contribution in [3.8, 4) is 5.75 Å². The first-order chi connectivity index (χ1) is 9.75. The summed E-state index contributed by atoms with van der Waals surface area (Å²) in [5.41, 5.74) is 5.70. The number of hydrogen-bond donors (Lipinski definition) is 5. The Balaban J connectivity index is 2.22. The number of hydrazine groups is 2. The molecule has 1 heterocycles. The molecule has 1 aromatic heterocycles. The monoisotopic (exact) mass is 275 g/mol. The Morgan fingerprint density at radius 2 is 1.80 bits per heavy atom. The van der Waals surface area contributed by atoms with E-state index in [4.69, 9.17) is 16.4 Å². The van der Waals surface area contributed by atoms with Gasteiger partial charge in [-0.25, -0.2) is 11.7 Å². The summed E-state index contributed by atoms with van der Waals surface area (Å²) in [5, 5.41) is 3.06. The van der Waals surface area contributed by atoms with Gasteiger partial charge in [0.15, 0.2) is 0 Å². The average molecular weight is 275 g/mol. The van der Waals surface area contributed by atoms with Crippen LogP contribution in [0.3, 0.4) is 0 Å². The number of anilines is 4. The Labute approximate surface area is 116 Å². The summed E-state index contributed by atoms with van der Waals surface area (Å²) >= 11 is 0. The van der Waals surface area contributed by atoms with Crippen LogP contribution in [-0.4, -0.2) is 16.6 Å². The molecule has 0 amide bonds. The molecule has 0 saturated heterocycles. The number of rotatable bonds is 6. The number of ether oxygens (including phenoxy) is 1. The highest BCUT2D eigenvalue weighted by molar-refractivity contribution is 5.59. The maximum Gasteiger partial charge on any atom is 0.231 e. The van der Waals surface area contributed by atoms with E-state index in [0.29, 0.717) is 24.2 Å². The van der Waals surface area contributed by atoms with E-state index in [1.54, 1.807) is 6.07 Å². The minimum absolute atomic E-state index is 0.363. The van der Waals surface area contributed by atoms with E-state index in [0.717, 1.165) is 11.4 Å². The summed E-state index contributed by atoms with van der Waals surface area (Å²) in [6, 6.07) is 9.07. The van der Waals surface area contributed by atoms with E-state index >= 15 is 0 Å². The number of nitrogens with zero attached hydrogens (tertiary/aromatic N) is 2. The first-order valence-electron chi connectivity index (χ1n) is 6.07. The number of nitrogen functional groups attached to an aromatic ring is 2. The highest BCUT2D eigenvalue weighted by Crippen LogP contribution is 2.21. The van der Waals surface area contributed by atoms with Gasteiger partial charge in [-0.1, -0.05) is 6.07 Å².